The van der Waals surface area contributed by atoms with Crippen molar-refractivity contribution in [3.63, 3.8) is 0 Å². The molecule has 2 heteroatoms. The van der Waals surface area contributed by atoms with Crippen LogP contribution in [0.4, 0.5) is 0 Å². The van der Waals surface area contributed by atoms with Gasteiger partial charge in [0.05, 0.1) is 0 Å². The van der Waals surface area contributed by atoms with E-state index in [-0.39, 0.29) is 0 Å². The van der Waals surface area contributed by atoms with Crippen LogP contribution in [-0.4, -0.2) is 0 Å². The Labute approximate surface area is 89.7 Å². The van der Waals surface area contributed by atoms with Crippen LogP contribution in [0.25, 0.3) is 0 Å². The quantitative estimate of drug-likeness (QED) is 0.518. The Bertz CT molecular complexity index is 333. The summed E-state index contributed by atoms with van der Waals surface area (Å²) in [5, 5.41) is 2.98. The smallest absolute Gasteiger partial charge is 0.0283 e. The fourth-order valence-corrected chi connectivity index (χ4v) is 1.51. The zero-order valence-corrected chi connectivity index (χ0v) is 9.99. The van der Waals surface area contributed by atoms with E-state index in [4.69, 9.17) is 0 Å². The van der Waals surface area contributed by atoms with Gasteiger partial charge in [-0.3, -0.25) is 0 Å². The molecule has 0 heterocycles. The van der Waals surface area contributed by atoms with Gasteiger partial charge in [0.2, 0.25) is 0 Å². The van der Waals surface area contributed by atoms with E-state index in [2.05, 4.69) is 64.4 Å². The highest BCUT2D eigenvalue weighted by Crippen LogP contribution is 2.11. The molecule has 62 valence electrons. The zero-order chi connectivity index (χ0) is 8.97. The van der Waals surface area contributed by atoms with Gasteiger partial charge in [-0.25, -0.2) is 0 Å². The van der Waals surface area contributed by atoms with Gasteiger partial charge in [0, 0.05) is 26.8 Å². The molecule has 0 radical (unpaired) electrons. The van der Waals surface area contributed by atoms with Crippen LogP contribution in [0.2, 0.25) is 0 Å². The molecule has 1 aromatic rings. The van der Waals surface area contributed by atoms with Crippen molar-refractivity contribution in [2.24, 2.45) is 0 Å². The highest BCUT2D eigenvalue weighted by Gasteiger charge is 1.92. The Hall–Kier alpha value is -0.140. The third-order valence-corrected chi connectivity index (χ3v) is 2.45. The molecule has 0 unspecified atom stereocenters. The van der Waals surface area contributed by atoms with Gasteiger partial charge >= 0.3 is 0 Å². The van der Waals surface area contributed by atoms with E-state index in [0.717, 1.165) is 5.56 Å². The second kappa shape index (κ2) is 4.78. The number of halogens is 1. The van der Waals surface area contributed by atoms with Gasteiger partial charge in [0.15, 0.2) is 0 Å². The average Bonchev–Trinajstić information content (AvgIpc) is 2.03. The number of hydrogen-bond donors (Lipinski definition) is 0. The van der Waals surface area contributed by atoms with Crippen molar-refractivity contribution in [3.8, 4) is 11.2 Å². The Morgan fingerprint density at radius 1 is 1.33 bits per heavy atom. The van der Waals surface area contributed by atoms with E-state index in [9.17, 15) is 0 Å². The van der Waals surface area contributed by atoms with Crippen LogP contribution in [0, 0.1) is 25.0 Å². The molecule has 0 aromatic heterocycles. The van der Waals surface area contributed by atoms with Gasteiger partial charge in [0.25, 0.3) is 0 Å². The second-order valence-corrected chi connectivity index (χ2v) is 4.30. The van der Waals surface area contributed by atoms with Crippen molar-refractivity contribution >= 4 is 30.1 Å². The molecule has 0 atom stereocenters. The Morgan fingerprint density at radius 2 is 2.08 bits per heavy atom. The molecule has 0 aliphatic rings. The molecule has 0 saturated heterocycles. The summed E-state index contributed by atoms with van der Waals surface area (Å²) < 4.78 is 0. The SMILES string of the molecule is Cc1ccc(C#CSI)c(C)c1. The summed E-state index contributed by atoms with van der Waals surface area (Å²) in [7, 11) is 1.52. The summed E-state index contributed by atoms with van der Waals surface area (Å²) >= 11 is 2.18. The van der Waals surface area contributed by atoms with Gasteiger partial charge in [-0.2, -0.15) is 0 Å². The summed E-state index contributed by atoms with van der Waals surface area (Å²) in [5.74, 6) is 3.10. The molecule has 0 aliphatic heterocycles. The molecule has 12 heavy (non-hydrogen) atoms. The lowest BCUT2D eigenvalue weighted by Crippen LogP contribution is -1.82. The van der Waals surface area contributed by atoms with E-state index >= 15 is 0 Å². The highest BCUT2D eigenvalue weighted by atomic mass is 127. The third-order valence-electron chi connectivity index (χ3n) is 1.61. The molecule has 0 nitrogen and oxygen atoms in total. The maximum absolute atomic E-state index is 3.10. The molecule has 1 rings (SSSR count). The lowest BCUT2D eigenvalue weighted by Gasteiger charge is -1.98. The molecule has 0 amide bonds. The van der Waals surface area contributed by atoms with E-state index in [1.54, 1.807) is 0 Å². The van der Waals surface area contributed by atoms with Crippen molar-refractivity contribution in [1.29, 1.82) is 0 Å². The molecular weight excluding hydrogens is 279 g/mol. The summed E-state index contributed by atoms with van der Waals surface area (Å²) in [6.45, 7) is 4.19. The minimum Gasteiger partial charge on any atom is -0.0581 e. The van der Waals surface area contributed by atoms with Gasteiger partial charge in [-0.15, -0.1) is 0 Å². The van der Waals surface area contributed by atoms with E-state index in [0.29, 0.717) is 0 Å². The summed E-state index contributed by atoms with van der Waals surface area (Å²) in [4.78, 5) is 0. The maximum atomic E-state index is 3.10. The van der Waals surface area contributed by atoms with Crippen molar-refractivity contribution in [3.05, 3.63) is 34.9 Å². The van der Waals surface area contributed by atoms with Crippen LogP contribution in [0.15, 0.2) is 18.2 Å². The van der Waals surface area contributed by atoms with Crippen molar-refractivity contribution < 1.29 is 0 Å². The predicted octanol–water partition coefficient (Wildman–Crippen LogP) is 3.70. The van der Waals surface area contributed by atoms with Crippen molar-refractivity contribution in [1.82, 2.24) is 0 Å². The lowest BCUT2D eigenvalue weighted by atomic mass is 10.1. The first-order valence-corrected chi connectivity index (χ1v) is 6.96. The van der Waals surface area contributed by atoms with Crippen molar-refractivity contribution in [2.75, 3.05) is 0 Å². The monoisotopic (exact) mass is 288 g/mol. The Kier molecular flexibility index (Phi) is 3.96. The third kappa shape index (κ3) is 2.72. The van der Waals surface area contributed by atoms with Gasteiger partial charge in [0.1, 0.15) is 0 Å². The summed E-state index contributed by atoms with van der Waals surface area (Å²) in [5.41, 5.74) is 3.68. The highest BCUT2D eigenvalue weighted by molar-refractivity contribution is 14.2. The van der Waals surface area contributed by atoms with Crippen LogP contribution < -0.4 is 0 Å². The first-order chi connectivity index (χ1) is 5.74. The minimum atomic E-state index is 1.13. The topological polar surface area (TPSA) is 0 Å². The molecule has 1 aromatic carbocycles. The Balaban J connectivity index is 3.01. The average molecular weight is 288 g/mol. The lowest BCUT2D eigenvalue weighted by molar-refractivity contribution is 1.36. The fraction of sp³-hybridized carbons (Fsp3) is 0.200. The van der Waals surface area contributed by atoms with Crippen LogP contribution in [0.5, 0.6) is 0 Å². The van der Waals surface area contributed by atoms with E-state index in [1.807, 2.05) is 0 Å². The first kappa shape index (κ1) is 9.94. The number of aryl methyl sites for hydroxylation is 2. The minimum absolute atomic E-state index is 1.13. The fourth-order valence-electron chi connectivity index (χ4n) is 1.03. The number of hydrogen-bond acceptors (Lipinski definition) is 1. The standard InChI is InChI=1S/C10H9IS/c1-8-3-4-10(5-6-12-11)9(2)7-8/h3-4,7H,1-2H3. The largest absolute Gasteiger partial charge is 0.0581 e. The molecular formula is C10H9IS. The molecule has 0 spiro atoms. The summed E-state index contributed by atoms with van der Waals surface area (Å²) in [6, 6.07) is 6.32. The second-order valence-electron chi connectivity index (χ2n) is 2.62. The van der Waals surface area contributed by atoms with Crippen LogP contribution in [0.1, 0.15) is 16.7 Å². The van der Waals surface area contributed by atoms with Crippen LogP contribution in [-0.2, 0) is 0 Å². The van der Waals surface area contributed by atoms with Gasteiger partial charge in [-0.1, -0.05) is 23.6 Å². The van der Waals surface area contributed by atoms with E-state index in [1.165, 1.54) is 20.1 Å². The number of rotatable bonds is 0. The van der Waals surface area contributed by atoms with Crippen molar-refractivity contribution in [2.45, 2.75) is 13.8 Å². The molecule has 0 N–H and O–H groups in total. The maximum Gasteiger partial charge on any atom is 0.0283 e. The van der Waals surface area contributed by atoms with Gasteiger partial charge < -0.3 is 0 Å². The number of benzene rings is 1. The van der Waals surface area contributed by atoms with Gasteiger partial charge in [-0.05, 0) is 39.7 Å². The summed E-state index contributed by atoms with van der Waals surface area (Å²) in [6.07, 6.45) is 0. The normalized spacial score (nSPS) is 8.92. The van der Waals surface area contributed by atoms with Crippen LogP contribution in [0.3, 0.4) is 0 Å². The molecule has 0 fully saturated rings. The van der Waals surface area contributed by atoms with E-state index < -0.39 is 0 Å². The zero-order valence-electron chi connectivity index (χ0n) is 7.02. The molecule has 0 bridgehead atoms. The predicted molar refractivity (Wildman–Crippen MR) is 64.4 cm³/mol. The first-order valence-electron chi connectivity index (χ1n) is 3.60. The van der Waals surface area contributed by atoms with Crippen LogP contribution >= 0.6 is 30.1 Å². The molecule has 0 aliphatic carbocycles. The molecule has 0 saturated carbocycles. The Morgan fingerprint density at radius 3 is 2.67 bits per heavy atom.